The Morgan fingerprint density at radius 3 is 2.26 bits per heavy atom. The lowest BCUT2D eigenvalue weighted by atomic mass is 10.1. The van der Waals surface area contributed by atoms with E-state index in [4.69, 9.17) is 4.74 Å². The number of rotatable bonds is 8. The van der Waals surface area contributed by atoms with Gasteiger partial charge in [0, 0.05) is 11.3 Å². The third-order valence-corrected chi connectivity index (χ3v) is 6.52. The molecule has 0 spiro atoms. The van der Waals surface area contributed by atoms with Gasteiger partial charge < -0.3 is 10.1 Å². The molecule has 0 radical (unpaired) electrons. The van der Waals surface area contributed by atoms with Gasteiger partial charge in [0.25, 0.3) is 11.8 Å². The summed E-state index contributed by atoms with van der Waals surface area (Å²) in [5, 5.41) is 3.15. The van der Waals surface area contributed by atoms with Crippen LogP contribution in [0.2, 0.25) is 0 Å². The topological polar surface area (TPSA) is 92.8 Å². The van der Waals surface area contributed by atoms with Crippen LogP contribution >= 0.6 is 11.3 Å². The molecule has 0 aliphatic carbocycles. The number of anilines is 1. The normalized spacial score (nSPS) is 12.6. The molecule has 8 heteroatoms. The molecule has 1 aliphatic heterocycles. The van der Waals surface area contributed by atoms with E-state index in [1.807, 2.05) is 31.2 Å². The molecule has 1 aliphatic rings. The summed E-state index contributed by atoms with van der Waals surface area (Å²) in [5.41, 5.74) is 3.13. The second-order valence-electron chi connectivity index (χ2n) is 7.95. The molecule has 0 fully saturated rings. The summed E-state index contributed by atoms with van der Waals surface area (Å²) in [6.45, 7) is 3.89. The van der Waals surface area contributed by atoms with Crippen molar-refractivity contribution < 1.29 is 23.9 Å². The van der Waals surface area contributed by atoms with Crippen LogP contribution < -0.4 is 5.32 Å². The Labute approximate surface area is 201 Å². The number of benzene rings is 2. The van der Waals surface area contributed by atoms with Crippen molar-refractivity contribution in [2.24, 2.45) is 0 Å². The summed E-state index contributed by atoms with van der Waals surface area (Å²) < 4.78 is 5.14. The summed E-state index contributed by atoms with van der Waals surface area (Å²) in [5.74, 6) is -1.56. The zero-order valence-corrected chi connectivity index (χ0v) is 19.7. The van der Waals surface area contributed by atoms with Crippen molar-refractivity contribution in [1.29, 1.82) is 0 Å². The fourth-order valence-corrected chi connectivity index (χ4v) is 4.76. The maximum atomic E-state index is 12.7. The lowest BCUT2D eigenvalue weighted by Gasteiger charge is -2.12. The summed E-state index contributed by atoms with van der Waals surface area (Å²) >= 11 is 1.16. The number of ether oxygens (including phenoxy) is 1. The van der Waals surface area contributed by atoms with Crippen molar-refractivity contribution in [3.05, 3.63) is 87.3 Å². The highest BCUT2D eigenvalue weighted by Crippen LogP contribution is 2.32. The molecular formula is C26H24N2O5S. The van der Waals surface area contributed by atoms with Crippen molar-refractivity contribution in [2.45, 2.75) is 33.2 Å². The first-order valence-corrected chi connectivity index (χ1v) is 11.8. The summed E-state index contributed by atoms with van der Waals surface area (Å²) in [7, 11) is 0. The molecule has 3 amide bonds. The van der Waals surface area contributed by atoms with Crippen molar-refractivity contribution >= 4 is 40.0 Å². The number of carbonyl (C=O) groups is 4. The van der Waals surface area contributed by atoms with E-state index >= 15 is 0 Å². The molecule has 0 bridgehead atoms. The zero-order valence-electron chi connectivity index (χ0n) is 18.9. The van der Waals surface area contributed by atoms with Gasteiger partial charge in [0.2, 0.25) is 5.91 Å². The van der Waals surface area contributed by atoms with Crippen LogP contribution in [-0.4, -0.2) is 35.2 Å². The van der Waals surface area contributed by atoms with Gasteiger partial charge >= 0.3 is 5.97 Å². The number of aryl methyl sites for hydroxylation is 2. The van der Waals surface area contributed by atoms with E-state index in [1.54, 1.807) is 37.3 Å². The number of fused-ring (bicyclic) bond motifs is 1. The zero-order chi connectivity index (χ0) is 24.2. The van der Waals surface area contributed by atoms with E-state index < -0.39 is 5.97 Å². The van der Waals surface area contributed by atoms with E-state index in [1.165, 1.54) is 0 Å². The maximum Gasteiger partial charge on any atom is 0.341 e. The molecule has 4 rings (SSSR count). The molecule has 174 valence electrons. The average Bonchev–Trinajstić information content (AvgIpc) is 3.33. The molecule has 0 unspecified atom stereocenters. The van der Waals surface area contributed by atoms with Gasteiger partial charge in [-0.15, -0.1) is 11.3 Å². The minimum atomic E-state index is -0.568. The van der Waals surface area contributed by atoms with Crippen molar-refractivity contribution in [3.63, 3.8) is 0 Å². The molecule has 1 aromatic heterocycles. The molecule has 0 saturated carbocycles. The number of nitrogens with one attached hydrogen (secondary N) is 1. The molecule has 1 N–H and O–H groups in total. The van der Waals surface area contributed by atoms with Crippen LogP contribution in [0.15, 0.2) is 54.6 Å². The lowest BCUT2D eigenvalue weighted by molar-refractivity contribution is -0.116. The van der Waals surface area contributed by atoms with Crippen LogP contribution in [-0.2, 0) is 22.5 Å². The number of carbonyl (C=O) groups excluding carboxylic acids is 4. The Kier molecular flexibility index (Phi) is 6.88. The second kappa shape index (κ2) is 10.0. The Balaban J connectivity index is 1.50. The van der Waals surface area contributed by atoms with Crippen LogP contribution in [0.4, 0.5) is 5.00 Å². The van der Waals surface area contributed by atoms with Gasteiger partial charge in [-0.05, 0) is 44.0 Å². The van der Waals surface area contributed by atoms with Gasteiger partial charge in [0.15, 0.2) is 0 Å². The standard InChI is InChI=1S/C26H24N2O5S/c1-3-33-26(32)21-14-18(15-28-24(30)19-6-4-5-7-20(19)25(28)31)34-23(21)27-22(29)13-12-17-10-8-16(2)9-11-17/h4-11,14H,3,12-13,15H2,1-2H3,(H,27,29). The first kappa shape index (κ1) is 23.4. The number of nitrogens with zero attached hydrogens (tertiary/aromatic N) is 1. The molecule has 0 atom stereocenters. The van der Waals surface area contributed by atoms with Gasteiger partial charge in [-0.3, -0.25) is 19.3 Å². The Hall–Kier alpha value is -3.78. The molecule has 7 nitrogen and oxygen atoms in total. The molecule has 34 heavy (non-hydrogen) atoms. The van der Waals surface area contributed by atoms with Crippen molar-refractivity contribution in [1.82, 2.24) is 4.90 Å². The summed E-state index contributed by atoms with van der Waals surface area (Å²) in [6.07, 6.45) is 0.811. The van der Waals surface area contributed by atoms with Crippen LogP contribution in [0.5, 0.6) is 0 Å². The smallest absolute Gasteiger partial charge is 0.341 e. The predicted octanol–water partition coefficient (Wildman–Crippen LogP) is 4.60. The Bertz CT molecular complexity index is 1230. The Morgan fingerprint density at radius 2 is 1.65 bits per heavy atom. The molecule has 3 aromatic rings. The monoisotopic (exact) mass is 476 g/mol. The highest BCUT2D eigenvalue weighted by Gasteiger charge is 2.35. The average molecular weight is 477 g/mol. The highest BCUT2D eigenvalue weighted by molar-refractivity contribution is 7.16. The number of imide groups is 1. The largest absolute Gasteiger partial charge is 0.462 e. The molecule has 0 saturated heterocycles. The lowest BCUT2D eigenvalue weighted by Crippen LogP contribution is -2.28. The van der Waals surface area contributed by atoms with Crippen LogP contribution in [0.3, 0.4) is 0 Å². The number of hydrogen-bond acceptors (Lipinski definition) is 6. The molecule has 2 aromatic carbocycles. The fraction of sp³-hybridized carbons (Fsp3) is 0.231. The fourth-order valence-electron chi connectivity index (χ4n) is 3.71. The van der Waals surface area contributed by atoms with Crippen LogP contribution in [0.1, 0.15) is 60.4 Å². The first-order chi connectivity index (χ1) is 16.4. The summed E-state index contributed by atoms with van der Waals surface area (Å²) in [6, 6.07) is 16.2. The third-order valence-electron chi connectivity index (χ3n) is 5.48. The second-order valence-corrected chi connectivity index (χ2v) is 9.09. The van der Waals surface area contributed by atoms with Gasteiger partial charge in [0.1, 0.15) is 5.00 Å². The number of esters is 1. The third kappa shape index (κ3) is 4.92. The maximum absolute atomic E-state index is 12.7. The van der Waals surface area contributed by atoms with Gasteiger partial charge in [0.05, 0.1) is 29.8 Å². The van der Waals surface area contributed by atoms with E-state index in [0.29, 0.717) is 27.4 Å². The van der Waals surface area contributed by atoms with Gasteiger partial charge in [-0.1, -0.05) is 42.0 Å². The number of hydrogen-bond donors (Lipinski definition) is 1. The highest BCUT2D eigenvalue weighted by atomic mass is 32.1. The SMILES string of the molecule is CCOC(=O)c1cc(CN2C(=O)c3ccccc3C2=O)sc1NC(=O)CCc1ccc(C)cc1. The Morgan fingerprint density at radius 1 is 1.00 bits per heavy atom. The minimum absolute atomic E-state index is 0.00263. The van der Waals surface area contributed by atoms with Crippen LogP contribution in [0.25, 0.3) is 0 Å². The van der Waals surface area contributed by atoms with Gasteiger partial charge in [-0.2, -0.15) is 0 Å². The summed E-state index contributed by atoms with van der Waals surface area (Å²) in [4.78, 5) is 52.3. The van der Waals surface area contributed by atoms with Crippen molar-refractivity contribution in [3.8, 4) is 0 Å². The van der Waals surface area contributed by atoms with Crippen LogP contribution in [0, 0.1) is 6.92 Å². The molecular weight excluding hydrogens is 452 g/mol. The van der Waals surface area contributed by atoms with E-state index in [9.17, 15) is 19.2 Å². The predicted molar refractivity (Wildman–Crippen MR) is 129 cm³/mol. The minimum Gasteiger partial charge on any atom is -0.462 e. The van der Waals surface area contributed by atoms with Gasteiger partial charge in [-0.25, -0.2) is 4.79 Å². The van der Waals surface area contributed by atoms with Crippen molar-refractivity contribution in [2.75, 3.05) is 11.9 Å². The van der Waals surface area contributed by atoms with E-state index in [0.717, 1.165) is 27.4 Å². The van der Waals surface area contributed by atoms with E-state index in [-0.39, 0.29) is 42.9 Å². The number of thiophene rings is 1. The van der Waals surface area contributed by atoms with E-state index in [2.05, 4.69) is 5.32 Å². The number of amides is 3. The first-order valence-electron chi connectivity index (χ1n) is 11.0. The molecule has 2 heterocycles. The quantitative estimate of drug-likeness (QED) is 0.379.